The first-order chi connectivity index (χ1) is 11.0. The van der Waals surface area contributed by atoms with Gasteiger partial charge in [-0.05, 0) is 24.3 Å². The normalized spacial score (nSPS) is 10.5. The predicted molar refractivity (Wildman–Crippen MR) is 87.8 cm³/mol. The minimum Gasteiger partial charge on any atom is -0.321 e. The first-order valence-electron chi connectivity index (χ1n) is 6.65. The Bertz CT molecular complexity index is 927. The number of nitrogens with zero attached hydrogens (tertiary/aromatic N) is 2. The monoisotopic (exact) mass is 327 g/mol. The van der Waals surface area contributed by atoms with Crippen LogP contribution in [0.2, 0.25) is 5.02 Å². The summed E-state index contributed by atoms with van der Waals surface area (Å²) in [5, 5.41) is 14.4. The molecule has 0 spiro atoms. The van der Waals surface area contributed by atoms with Crippen molar-refractivity contribution in [3.8, 4) is 0 Å². The number of amides is 1. The number of carbonyl (C=O) groups excluding carboxylic acids is 1. The summed E-state index contributed by atoms with van der Waals surface area (Å²) in [5.74, 6) is -0.471. The third-order valence-electron chi connectivity index (χ3n) is 3.25. The maximum absolute atomic E-state index is 12.2. The molecule has 0 fully saturated rings. The Morgan fingerprint density at radius 3 is 2.74 bits per heavy atom. The molecule has 3 aromatic rings. The van der Waals surface area contributed by atoms with Crippen LogP contribution in [-0.4, -0.2) is 15.8 Å². The van der Waals surface area contributed by atoms with E-state index < -0.39 is 10.8 Å². The molecule has 0 bridgehead atoms. The summed E-state index contributed by atoms with van der Waals surface area (Å²) in [5.41, 5.74) is 1.16. The molecule has 0 radical (unpaired) electrons. The van der Waals surface area contributed by atoms with Gasteiger partial charge in [-0.2, -0.15) is 0 Å². The topological polar surface area (TPSA) is 85.1 Å². The molecule has 0 unspecified atom stereocenters. The number of hydrogen-bond acceptors (Lipinski definition) is 4. The van der Waals surface area contributed by atoms with E-state index in [0.717, 1.165) is 17.0 Å². The molecule has 23 heavy (non-hydrogen) atoms. The Morgan fingerprint density at radius 2 is 1.96 bits per heavy atom. The molecule has 0 aliphatic rings. The van der Waals surface area contributed by atoms with Crippen molar-refractivity contribution in [3.63, 3.8) is 0 Å². The number of fused-ring (bicyclic) bond motifs is 1. The molecule has 1 heterocycles. The van der Waals surface area contributed by atoms with E-state index in [-0.39, 0.29) is 16.3 Å². The van der Waals surface area contributed by atoms with Crippen molar-refractivity contribution in [2.24, 2.45) is 0 Å². The summed E-state index contributed by atoms with van der Waals surface area (Å²) < 4.78 is 0. The second-order valence-electron chi connectivity index (χ2n) is 4.79. The predicted octanol–water partition coefficient (Wildman–Crippen LogP) is 4.05. The zero-order chi connectivity index (χ0) is 16.4. The first-order valence-corrected chi connectivity index (χ1v) is 7.02. The lowest BCUT2D eigenvalue weighted by molar-refractivity contribution is -0.384. The molecular weight excluding hydrogens is 318 g/mol. The van der Waals surface area contributed by atoms with E-state index >= 15 is 0 Å². The Labute approximate surface area is 135 Å². The highest BCUT2D eigenvalue weighted by Gasteiger charge is 2.16. The van der Waals surface area contributed by atoms with Gasteiger partial charge < -0.3 is 5.32 Å². The number of halogens is 1. The fourth-order valence-corrected chi connectivity index (χ4v) is 2.32. The maximum Gasteiger partial charge on any atom is 0.288 e. The lowest BCUT2D eigenvalue weighted by atomic mass is 10.1. The number of benzene rings is 2. The van der Waals surface area contributed by atoms with Crippen LogP contribution in [0.25, 0.3) is 10.9 Å². The summed E-state index contributed by atoms with van der Waals surface area (Å²) in [6, 6.07) is 13.2. The van der Waals surface area contributed by atoms with Crippen molar-refractivity contribution < 1.29 is 9.72 Å². The van der Waals surface area contributed by atoms with Crippen molar-refractivity contribution in [2.75, 3.05) is 5.32 Å². The van der Waals surface area contributed by atoms with Crippen LogP contribution < -0.4 is 5.32 Å². The third kappa shape index (κ3) is 3.12. The standard InChI is InChI=1S/C16H10ClN3O3/c17-13-6-5-11(8-15(13)20(22)23)16(21)19-12-7-10-3-1-2-4-14(10)18-9-12/h1-9H,(H,19,21). The maximum atomic E-state index is 12.2. The number of nitro benzene ring substituents is 1. The highest BCUT2D eigenvalue weighted by atomic mass is 35.5. The van der Waals surface area contributed by atoms with Gasteiger partial charge in [0.2, 0.25) is 0 Å². The van der Waals surface area contributed by atoms with Gasteiger partial charge in [-0.25, -0.2) is 0 Å². The Morgan fingerprint density at radius 1 is 1.17 bits per heavy atom. The molecule has 0 saturated heterocycles. The lowest BCUT2D eigenvalue weighted by Gasteiger charge is -2.06. The number of nitrogens with one attached hydrogen (secondary N) is 1. The van der Waals surface area contributed by atoms with Crippen LogP contribution in [0, 0.1) is 10.1 Å². The number of pyridine rings is 1. The average Bonchev–Trinajstić information content (AvgIpc) is 2.54. The average molecular weight is 328 g/mol. The van der Waals surface area contributed by atoms with Crippen LogP contribution in [0.5, 0.6) is 0 Å². The highest BCUT2D eigenvalue weighted by molar-refractivity contribution is 6.32. The fraction of sp³-hybridized carbons (Fsp3) is 0. The number of carbonyl (C=O) groups is 1. The van der Waals surface area contributed by atoms with Crippen LogP contribution in [0.4, 0.5) is 11.4 Å². The SMILES string of the molecule is O=C(Nc1cnc2ccccc2c1)c1ccc(Cl)c([N+](=O)[O-])c1. The minimum absolute atomic E-state index is 0.0149. The van der Waals surface area contributed by atoms with Gasteiger partial charge in [-0.15, -0.1) is 0 Å². The minimum atomic E-state index is -0.628. The van der Waals surface area contributed by atoms with Gasteiger partial charge in [0.05, 0.1) is 22.3 Å². The Hall–Kier alpha value is -2.99. The van der Waals surface area contributed by atoms with Crippen LogP contribution in [0.1, 0.15) is 10.4 Å². The van der Waals surface area contributed by atoms with Gasteiger partial charge in [0, 0.05) is 17.0 Å². The number of aromatic nitrogens is 1. The van der Waals surface area contributed by atoms with E-state index in [1.54, 1.807) is 6.07 Å². The molecule has 0 saturated carbocycles. The van der Waals surface area contributed by atoms with E-state index in [1.807, 2.05) is 24.3 Å². The zero-order valence-electron chi connectivity index (χ0n) is 11.7. The second kappa shape index (κ2) is 6.02. The van der Waals surface area contributed by atoms with Gasteiger partial charge in [-0.3, -0.25) is 19.9 Å². The summed E-state index contributed by atoms with van der Waals surface area (Å²) in [6.45, 7) is 0. The quantitative estimate of drug-likeness (QED) is 0.581. The van der Waals surface area contributed by atoms with Gasteiger partial charge in [0.1, 0.15) is 5.02 Å². The van der Waals surface area contributed by atoms with Gasteiger partial charge >= 0.3 is 0 Å². The molecule has 0 aliphatic heterocycles. The molecule has 0 aliphatic carbocycles. The summed E-state index contributed by atoms with van der Waals surface area (Å²) in [7, 11) is 0. The first kappa shape index (κ1) is 14.9. The smallest absolute Gasteiger partial charge is 0.288 e. The van der Waals surface area contributed by atoms with Crippen LogP contribution in [0.15, 0.2) is 54.7 Å². The number of rotatable bonds is 3. The Kier molecular flexibility index (Phi) is 3.91. The fourth-order valence-electron chi connectivity index (χ4n) is 2.14. The third-order valence-corrected chi connectivity index (χ3v) is 3.57. The Balaban J connectivity index is 1.88. The van der Waals surface area contributed by atoms with Crippen LogP contribution in [0.3, 0.4) is 0 Å². The summed E-state index contributed by atoms with van der Waals surface area (Å²) >= 11 is 5.74. The van der Waals surface area contributed by atoms with E-state index in [1.165, 1.54) is 18.3 Å². The molecule has 2 aromatic carbocycles. The van der Waals surface area contributed by atoms with E-state index in [9.17, 15) is 14.9 Å². The molecule has 1 aromatic heterocycles. The number of para-hydroxylation sites is 1. The molecule has 0 atom stereocenters. The van der Waals surface area contributed by atoms with Crippen molar-refractivity contribution in [3.05, 3.63) is 75.4 Å². The van der Waals surface area contributed by atoms with Crippen LogP contribution >= 0.6 is 11.6 Å². The van der Waals surface area contributed by atoms with E-state index in [0.29, 0.717) is 5.69 Å². The molecule has 1 N–H and O–H groups in total. The van der Waals surface area contributed by atoms with Gasteiger partial charge in [0.25, 0.3) is 11.6 Å². The van der Waals surface area contributed by atoms with Crippen molar-refractivity contribution in [2.45, 2.75) is 0 Å². The van der Waals surface area contributed by atoms with Gasteiger partial charge in [0.15, 0.2) is 0 Å². The largest absolute Gasteiger partial charge is 0.321 e. The van der Waals surface area contributed by atoms with Crippen LogP contribution in [-0.2, 0) is 0 Å². The molecule has 7 heteroatoms. The number of anilines is 1. The summed E-state index contributed by atoms with van der Waals surface area (Å²) in [4.78, 5) is 26.7. The molecule has 6 nitrogen and oxygen atoms in total. The summed E-state index contributed by atoms with van der Waals surface area (Å²) in [6.07, 6.45) is 1.53. The van der Waals surface area contributed by atoms with Crippen molar-refractivity contribution in [1.29, 1.82) is 0 Å². The van der Waals surface area contributed by atoms with Gasteiger partial charge in [-0.1, -0.05) is 29.8 Å². The highest BCUT2D eigenvalue weighted by Crippen LogP contribution is 2.25. The molecule has 114 valence electrons. The molecular formula is C16H10ClN3O3. The van der Waals surface area contributed by atoms with Crippen molar-refractivity contribution in [1.82, 2.24) is 4.98 Å². The number of nitro groups is 1. The zero-order valence-corrected chi connectivity index (χ0v) is 12.4. The number of hydrogen-bond donors (Lipinski definition) is 1. The molecule has 3 rings (SSSR count). The second-order valence-corrected chi connectivity index (χ2v) is 5.20. The molecule has 1 amide bonds. The van der Waals surface area contributed by atoms with Crippen molar-refractivity contribution >= 4 is 39.8 Å². The van der Waals surface area contributed by atoms with E-state index in [2.05, 4.69) is 10.3 Å². The lowest BCUT2D eigenvalue weighted by Crippen LogP contribution is -2.12. The van der Waals surface area contributed by atoms with E-state index in [4.69, 9.17) is 11.6 Å².